The molecule has 0 aliphatic heterocycles. The summed E-state index contributed by atoms with van der Waals surface area (Å²) in [6, 6.07) is 0. The molecular weight excluding hydrogens is 810 g/mol. The molecule has 0 aromatic heterocycles. The molecule has 0 spiro atoms. The van der Waals surface area contributed by atoms with Crippen LogP contribution in [0.1, 0.15) is 213 Å². The van der Waals surface area contributed by atoms with E-state index in [0.29, 0.717) is 32.1 Å². The van der Waals surface area contributed by atoms with Crippen LogP contribution in [0.15, 0.2) is 24.3 Å². The van der Waals surface area contributed by atoms with Gasteiger partial charge in [0.05, 0.1) is 25.4 Å². The number of aliphatic hydroxyl groups excluding tert-OH is 2. The Hall–Kier alpha value is -1.92. The molecule has 0 saturated heterocycles. The Bertz CT molecular complexity index is 1230. The monoisotopic (exact) mass is 900 g/mol. The zero-order valence-corrected chi connectivity index (χ0v) is 40.0. The summed E-state index contributed by atoms with van der Waals surface area (Å²) in [6.45, 7) is 3.36. The summed E-state index contributed by atoms with van der Waals surface area (Å²) in [5, 5.41) is 20.7. The van der Waals surface area contributed by atoms with E-state index < -0.39 is 50.6 Å². The third-order valence-corrected chi connectivity index (χ3v) is 12.7. The van der Waals surface area contributed by atoms with Crippen molar-refractivity contribution in [3.63, 3.8) is 0 Å². The number of phosphoric acid groups is 1. The Morgan fingerprint density at radius 3 is 1.79 bits per heavy atom. The number of ketones is 1. The van der Waals surface area contributed by atoms with E-state index in [-0.39, 0.29) is 50.7 Å². The molecule has 1 fully saturated rings. The van der Waals surface area contributed by atoms with Crippen molar-refractivity contribution in [3.8, 4) is 0 Å². The predicted octanol–water partition coefficient (Wildman–Crippen LogP) is 11.3. The number of carbonyl (C=O) groups excluding carboxylic acids is 3. The number of hydrogen-bond donors (Lipinski definition) is 4. The van der Waals surface area contributed by atoms with Gasteiger partial charge < -0.3 is 30.3 Å². The van der Waals surface area contributed by atoms with Crippen LogP contribution in [-0.4, -0.2) is 77.5 Å². The largest absolute Gasteiger partial charge is 0.472 e. The highest BCUT2D eigenvalue weighted by Gasteiger charge is 2.39. The van der Waals surface area contributed by atoms with Gasteiger partial charge in [0.1, 0.15) is 12.4 Å². The number of ether oxygens (including phenoxy) is 2. The highest BCUT2D eigenvalue weighted by molar-refractivity contribution is 7.47. The molecule has 5 N–H and O–H groups in total. The second-order valence-corrected chi connectivity index (χ2v) is 18.9. The summed E-state index contributed by atoms with van der Waals surface area (Å²) in [5.41, 5.74) is 5.36. The zero-order valence-electron chi connectivity index (χ0n) is 39.1. The van der Waals surface area contributed by atoms with Crippen molar-refractivity contribution in [2.24, 2.45) is 17.6 Å². The van der Waals surface area contributed by atoms with E-state index in [1.165, 1.54) is 109 Å². The fourth-order valence-corrected chi connectivity index (χ4v) is 8.68. The second-order valence-electron chi connectivity index (χ2n) is 17.5. The molecule has 0 aromatic rings. The Balaban J connectivity index is 2.29. The fraction of sp³-hybridized carbons (Fsp3) is 0.857. The number of carbonyl (C=O) groups is 3. The quantitative estimate of drug-likeness (QED) is 0.0196. The van der Waals surface area contributed by atoms with Gasteiger partial charge in [-0.2, -0.15) is 0 Å². The number of phosphoric ester groups is 1. The molecule has 1 unspecified atom stereocenters. The van der Waals surface area contributed by atoms with Gasteiger partial charge in [0.15, 0.2) is 6.10 Å². The first-order chi connectivity index (χ1) is 30.0. The Morgan fingerprint density at radius 1 is 0.726 bits per heavy atom. The Labute approximate surface area is 376 Å². The molecule has 1 aliphatic rings. The van der Waals surface area contributed by atoms with Gasteiger partial charge in [0.2, 0.25) is 0 Å². The molecule has 1 aliphatic carbocycles. The van der Waals surface area contributed by atoms with Crippen molar-refractivity contribution < 1.29 is 52.6 Å². The van der Waals surface area contributed by atoms with Crippen LogP contribution in [0.25, 0.3) is 0 Å². The lowest BCUT2D eigenvalue weighted by atomic mass is 9.90. The van der Waals surface area contributed by atoms with Gasteiger partial charge in [-0.25, -0.2) is 4.57 Å². The third kappa shape index (κ3) is 32.7. The number of Topliss-reactive ketones (excluding diaryl/α,β-unsaturated/α-hetero) is 1. The molecule has 6 atom stereocenters. The summed E-state index contributed by atoms with van der Waals surface area (Å²) in [6.07, 6.45) is 37.2. The number of aliphatic hydroxyl groups is 2. The molecule has 1 saturated carbocycles. The number of nitrogens with two attached hydrogens (primary N) is 1. The van der Waals surface area contributed by atoms with Crippen LogP contribution in [0, 0.1) is 11.8 Å². The minimum Gasteiger partial charge on any atom is -0.462 e. The molecule has 0 bridgehead atoms. The molecule has 0 aromatic carbocycles. The van der Waals surface area contributed by atoms with Gasteiger partial charge in [-0.3, -0.25) is 23.4 Å². The molecule has 1 rings (SSSR count). The van der Waals surface area contributed by atoms with Crippen LogP contribution in [0.3, 0.4) is 0 Å². The zero-order chi connectivity index (χ0) is 45.5. The van der Waals surface area contributed by atoms with Crippen molar-refractivity contribution in [1.29, 1.82) is 0 Å². The SMILES string of the molecule is CCCCCCCCCCCCCCCCCCCCCCCC(=O)O[C@H](COC(=O)CCC/C=C\C[C@H]1[C@@H](O)CC(=O)[C@@H]1/C=C/[C@@H](O)CCCCC)COP(=O)(O)OCCN. The van der Waals surface area contributed by atoms with Crippen LogP contribution in [0.4, 0.5) is 0 Å². The van der Waals surface area contributed by atoms with Gasteiger partial charge >= 0.3 is 19.8 Å². The molecule has 62 heavy (non-hydrogen) atoms. The van der Waals surface area contributed by atoms with Crippen molar-refractivity contribution >= 4 is 25.5 Å². The first-order valence-corrected chi connectivity index (χ1v) is 26.4. The molecular formula is C49H90NO11P. The standard InChI is InChI=1S/C49H90NO11P/c1-3-5-7-8-9-10-11-12-13-14-15-16-17-18-19-20-21-22-23-24-30-34-49(55)61-43(41-60-62(56,57)59-38-37-50)40-58-48(54)33-29-26-25-28-32-44-45(47(53)39-46(44)52)36-35-42(51)31-27-6-4-2/h25,28,35-36,42-46,51-52H,3-24,26-27,29-34,37-41,50H2,1-2H3,(H,56,57)/b28-25-,36-35+/t42-,43+,44+,45+,46-/m0/s1. The lowest BCUT2D eigenvalue weighted by Gasteiger charge is -2.19. The van der Waals surface area contributed by atoms with E-state index in [9.17, 15) is 34.1 Å². The van der Waals surface area contributed by atoms with Gasteiger partial charge in [0, 0.05) is 37.6 Å². The number of allylic oxidation sites excluding steroid dienone is 3. The van der Waals surface area contributed by atoms with Crippen LogP contribution in [-0.2, 0) is 37.5 Å². The minimum atomic E-state index is -4.44. The first-order valence-electron chi connectivity index (χ1n) is 24.9. The van der Waals surface area contributed by atoms with E-state index in [2.05, 4.69) is 13.8 Å². The molecule has 0 heterocycles. The third-order valence-electron chi connectivity index (χ3n) is 11.7. The topological polar surface area (TPSA) is 192 Å². The lowest BCUT2D eigenvalue weighted by molar-refractivity contribution is -0.161. The maximum absolute atomic E-state index is 12.7. The van der Waals surface area contributed by atoms with Gasteiger partial charge in [-0.05, 0) is 32.1 Å². The highest BCUT2D eigenvalue weighted by atomic mass is 31.2. The molecule has 13 heteroatoms. The van der Waals surface area contributed by atoms with E-state index in [1.54, 1.807) is 12.2 Å². The maximum atomic E-state index is 12.7. The minimum absolute atomic E-state index is 0.0168. The summed E-state index contributed by atoms with van der Waals surface area (Å²) in [4.78, 5) is 47.7. The number of hydrogen-bond acceptors (Lipinski definition) is 11. The van der Waals surface area contributed by atoms with E-state index in [0.717, 1.165) is 38.5 Å². The van der Waals surface area contributed by atoms with Crippen LogP contribution in [0.2, 0.25) is 0 Å². The predicted molar refractivity (Wildman–Crippen MR) is 248 cm³/mol. The molecule has 0 amide bonds. The first kappa shape index (κ1) is 58.1. The number of rotatable bonds is 43. The number of unbranched alkanes of at least 4 members (excludes halogenated alkanes) is 23. The van der Waals surface area contributed by atoms with Crippen LogP contribution < -0.4 is 5.73 Å². The molecule has 0 radical (unpaired) electrons. The van der Waals surface area contributed by atoms with E-state index in [1.807, 2.05) is 12.2 Å². The normalized spacial score (nSPS) is 18.7. The van der Waals surface area contributed by atoms with E-state index in [4.69, 9.17) is 24.3 Å². The van der Waals surface area contributed by atoms with Crippen molar-refractivity contribution in [1.82, 2.24) is 0 Å². The summed E-state index contributed by atoms with van der Waals surface area (Å²) in [7, 11) is -4.44. The van der Waals surface area contributed by atoms with Gasteiger partial charge in [-0.15, -0.1) is 0 Å². The molecule has 362 valence electrons. The van der Waals surface area contributed by atoms with Crippen molar-refractivity contribution in [2.45, 2.75) is 231 Å². The van der Waals surface area contributed by atoms with Gasteiger partial charge in [-0.1, -0.05) is 186 Å². The Morgan fingerprint density at radius 2 is 1.24 bits per heavy atom. The highest BCUT2D eigenvalue weighted by Crippen LogP contribution is 2.43. The Kier molecular flexibility index (Phi) is 37.0. The summed E-state index contributed by atoms with van der Waals surface area (Å²) >= 11 is 0. The van der Waals surface area contributed by atoms with Crippen LogP contribution >= 0.6 is 7.82 Å². The smallest absolute Gasteiger partial charge is 0.462 e. The average molecular weight is 900 g/mol. The van der Waals surface area contributed by atoms with E-state index >= 15 is 0 Å². The molecule has 12 nitrogen and oxygen atoms in total. The lowest BCUT2D eigenvalue weighted by Crippen LogP contribution is -2.29. The van der Waals surface area contributed by atoms with Gasteiger partial charge in [0.25, 0.3) is 0 Å². The van der Waals surface area contributed by atoms with Crippen LogP contribution in [0.5, 0.6) is 0 Å². The number of esters is 2. The second kappa shape index (κ2) is 39.4. The summed E-state index contributed by atoms with van der Waals surface area (Å²) < 4.78 is 32.8. The average Bonchev–Trinajstić information content (AvgIpc) is 3.52. The summed E-state index contributed by atoms with van der Waals surface area (Å²) in [5.74, 6) is -1.75. The van der Waals surface area contributed by atoms with Crippen molar-refractivity contribution in [3.05, 3.63) is 24.3 Å². The maximum Gasteiger partial charge on any atom is 0.472 e. The fourth-order valence-electron chi connectivity index (χ4n) is 7.91. The van der Waals surface area contributed by atoms with Crippen molar-refractivity contribution in [2.75, 3.05) is 26.4 Å².